The third-order valence-corrected chi connectivity index (χ3v) is 2.99. The van der Waals surface area contributed by atoms with Crippen LogP contribution in [0.3, 0.4) is 0 Å². The minimum Gasteiger partial charge on any atom is -0.465 e. The summed E-state index contributed by atoms with van der Waals surface area (Å²) in [6.45, 7) is 2.00. The summed E-state index contributed by atoms with van der Waals surface area (Å²) in [7, 11) is 0. The zero-order chi connectivity index (χ0) is 14.7. The van der Waals surface area contributed by atoms with E-state index in [2.05, 4.69) is 4.98 Å². The maximum absolute atomic E-state index is 11.5. The number of fused-ring (bicyclic) bond motifs is 1. The third-order valence-electron chi connectivity index (χ3n) is 2.99. The van der Waals surface area contributed by atoms with E-state index in [1.54, 1.807) is 19.2 Å². The molecule has 21 heavy (non-hydrogen) atoms. The van der Waals surface area contributed by atoms with E-state index in [0.29, 0.717) is 11.9 Å². The van der Waals surface area contributed by atoms with Crippen LogP contribution in [-0.2, 0) is 16.0 Å². The van der Waals surface area contributed by atoms with E-state index in [1.165, 1.54) is 12.1 Å². The first-order chi connectivity index (χ1) is 9.52. The van der Waals surface area contributed by atoms with Gasteiger partial charge in [-0.3, -0.25) is 14.9 Å². The first-order valence-corrected chi connectivity index (χ1v) is 6.19. The number of aromatic amines is 1. The molecular formula is C13H16ClN3O4. The first-order valence-electron chi connectivity index (χ1n) is 6.19. The Hall–Kier alpha value is -2.12. The Balaban J connectivity index is 0.00000220. The molecule has 8 heteroatoms. The number of benzene rings is 1. The summed E-state index contributed by atoms with van der Waals surface area (Å²) in [5.41, 5.74) is 7.25. The Morgan fingerprint density at radius 3 is 2.86 bits per heavy atom. The predicted octanol–water partition coefficient (Wildman–Crippen LogP) is 1.93. The van der Waals surface area contributed by atoms with Crippen molar-refractivity contribution in [1.82, 2.24) is 4.98 Å². The van der Waals surface area contributed by atoms with E-state index in [9.17, 15) is 14.9 Å². The lowest BCUT2D eigenvalue weighted by Crippen LogP contribution is -2.34. The topological polar surface area (TPSA) is 111 Å². The van der Waals surface area contributed by atoms with Gasteiger partial charge in [0, 0.05) is 30.1 Å². The minimum atomic E-state index is -0.746. The van der Waals surface area contributed by atoms with Gasteiger partial charge in [-0.2, -0.15) is 0 Å². The minimum absolute atomic E-state index is 0. The number of ether oxygens (including phenoxy) is 1. The second kappa shape index (κ2) is 7.05. The van der Waals surface area contributed by atoms with E-state index in [-0.39, 0.29) is 24.7 Å². The molecule has 0 saturated heterocycles. The van der Waals surface area contributed by atoms with Crippen molar-refractivity contribution in [2.24, 2.45) is 5.73 Å². The van der Waals surface area contributed by atoms with Crippen LogP contribution < -0.4 is 5.73 Å². The maximum atomic E-state index is 11.5. The lowest BCUT2D eigenvalue weighted by atomic mass is 10.1. The molecule has 0 aliphatic heterocycles. The van der Waals surface area contributed by atoms with Crippen LogP contribution >= 0.6 is 12.4 Å². The van der Waals surface area contributed by atoms with Crippen molar-refractivity contribution >= 4 is 35.0 Å². The molecule has 0 fully saturated rings. The molecule has 1 aromatic carbocycles. The van der Waals surface area contributed by atoms with Crippen molar-refractivity contribution < 1.29 is 14.5 Å². The normalized spacial score (nSPS) is 11.7. The molecule has 0 amide bonds. The van der Waals surface area contributed by atoms with E-state index >= 15 is 0 Å². The van der Waals surface area contributed by atoms with Gasteiger partial charge in [0.1, 0.15) is 6.04 Å². The zero-order valence-electron chi connectivity index (χ0n) is 11.4. The second-order valence-corrected chi connectivity index (χ2v) is 4.36. The lowest BCUT2D eigenvalue weighted by molar-refractivity contribution is -0.384. The molecule has 0 spiro atoms. The number of esters is 1. The highest BCUT2D eigenvalue weighted by molar-refractivity contribution is 5.86. The summed E-state index contributed by atoms with van der Waals surface area (Å²) in [6, 6.07) is 3.78. The highest BCUT2D eigenvalue weighted by Crippen LogP contribution is 2.24. The summed E-state index contributed by atoms with van der Waals surface area (Å²) >= 11 is 0. The van der Waals surface area contributed by atoms with Crippen LogP contribution in [0.1, 0.15) is 12.5 Å². The van der Waals surface area contributed by atoms with Gasteiger partial charge in [0.2, 0.25) is 0 Å². The third kappa shape index (κ3) is 3.71. The Kier molecular flexibility index (Phi) is 5.69. The Morgan fingerprint density at radius 2 is 2.24 bits per heavy atom. The van der Waals surface area contributed by atoms with Gasteiger partial charge in [-0.05, 0) is 18.6 Å². The molecule has 2 rings (SSSR count). The molecular weight excluding hydrogens is 298 g/mol. The number of hydrogen-bond donors (Lipinski definition) is 2. The number of aromatic nitrogens is 1. The average Bonchev–Trinajstić information content (AvgIpc) is 2.81. The summed E-state index contributed by atoms with van der Waals surface area (Å²) in [5.74, 6) is -0.455. The van der Waals surface area contributed by atoms with E-state index in [4.69, 9.17) is 10.5 Å². The van der Waals surface area contributed by atoms with Crippen molar-refractivity contribution in [3.05, 3.63) is 40.1 Å². The van der Waals surface area contributed by atoms with Gasteiger partial charge in [-0.25, -0.2) is 0 Å². The first kappa shape index (κ1) is 16.9. The fourth-order valence-corrected chi connectivity index (χ4v) is 2.03. The molecule has 0 radical (unpaired) electrons. The quantitative estimate of drug-likeness (QED) is 0.497. The largest absolute Gasteiger partial charge is 0.465 e. The fraction of sp³-hybridized carbons (Fsp3) is 0.308. The van der Waals surface area contributed by atoms with Crippen LogP contribution in [0.15, 0.2) is 24.4 Å². The molecule has 0 aliphatic carbocycles. The molecule has 0 aliphatic rings. The van der Waals surface area contributed by atoms with Crippen LogP contribution in [0.5, 0.6) is 0 Å². The standard InChI is InChI=1S/C13H15N3O4.ClH/c1-2-20-13(17)11(14)5-8-7-15-12-6-9(16(18)19)3-4-10(8)12;/h3-4,6-7,11,15H,2,5,14H2,1H3;1H/t11-;/m0./s1. The van der Waals surface area contributed by atoms with Gasteiger partial charge in [0.05, 0.1) is 17.0 Å². The van der Waals surface area contributed by atoms with Crippen molar-refractivity contribution in [3.8, 4) is 0 Å². The number of nitrogens with two attached hydrogens (primary N) is 1. The number of nitro benzene ring substituents is 1. The monoisotopic (exact) mass is 313 g/mol. The van der Waals surface area contributed by atoms with Crippen molar-refractivity contribution in [1.29, 1.82) is 0 Å². The van der Waals surface area contributed by atoms with Crippen LogP contribution in [0.2, 0.25) is 0 Å². The van der Waals surface area contributed by atoms with Crippen LogP contribution in [-0.4, -0.2) is 28.5 Å². The Labute approximate surface area is 127 Å². The summed E-state index contributed by atoms with van der Waals surface area (Å²) in [5, 5.41) is 11.5. The SMILES string of the molecule is CCOC(=O)[C@@H](N)Cc1c[nH]c2cc([N+](=O)[O-])ccc12.Cl. The lowest BCUT2D eigenvalue weighted by Gasteiger charge is -2.09. The number of non-ortho nitro benzene ring substituents is 1. The molecule has 114 valence electrons. The number of nitrogens with one attached hydrogen (secondary N) is 1. The molecule has 2 aromatic rings. The summed E-state index contributed by atoms with van der Waals surface area (Å²) in [6.07, 6.45) is 2.02. The molecule has 0 bridgehead atoms. The fourth-order valence-electron chi connectivity index (χ4n) is 2.03. The average molecular weight is 314 g/mol. The number of carbonyl (C=O) groups is 1. The molecule has 3 N–H and O–H groups in total. The molecule has 1 heterocycles. The van der Waals surface area contributed by atoms with Gasteiger partial charge >= 0.3 is 5.97 Å². The van der Waals surface area contributed by atoms with E-state index in [0.717, 1.165) is 10.9 Å². The highest BCUT2D eigenvalue weighted by atomic mass is 35.5. The van der Waals surface area contributed by atoms with Gasteiger partial charge in [0.15, 0.2) is 0 Å². The predicted molar refractivity (Wildman–Crippen MR) is 80.5 cm³/mol. The number of halogens is 1. The number of H-pyrrole nitrogens is 1. The van der Waals surface area contributed by atoms with Gasteiger partial charge in [-0.1, -0.05) is 0 Å². The van der Waals surface area contributed by atoms with Gasteiger partial charge in [0.25, 0.3) is 5.69 Å². The second-order valence-electron chi connectivity index (χ2n) is 4.36. The van der Waals surface area contributed by atoms with Crippen LogP contribution in [0.25, 0.3) is 10.9 Å². The van der Waals surface area contributed by atoms with Gasteiger partial charge < -0.3 is 15.5 Å². The number of nitro groups is 1. The van der Waals surface area contributed by atoms with Crippen molar-refractivity contribution in [2.75, 3.05) is 6.61 Å². The maximum Gasteiger partial charge on any atom is 0.323 e. The Morgan fingerprint density at radius 1 is 1.52 bits per heavy atom. The molecule has 0 saturated carbocycles. The van der Waals surface area contributed by atoms with E-state index in [1.807, 2.05) is 0 Å². The molecule has 1 aromatic heterocycles. The number of hydrogen-bond acceptors (Lipinski definition) is 5. The summed E-state index contributed by atoms with van der Waals surface area (Å²) in [4.78, 5) is 24.7. The molecule has 7 nitrogen and oxygen atoms in total. The number of carbonyl (C=O) groups excluding carboxylic acids is 1. The highest BCUT2D eigenvalue weighted by Gasteiger charge is 2.18. The molecule has 1 atom stereocenters. The smallest absolute Gasteiger partial charge is 0.323 e. The van der Waals surface area contributed by atoms with Crippen molar-refractivity contribution in [2.45, 2.75) is 19.4 Å². The Bertz CT molecular complexity index is 656. The van der Waals surface area contributed by atoms with Crippen LogP contribution in [0.4, 0.5) is 5.69 Å². The molecule has 0 unspecified atom stereocenters. The van der Waals surface area contributed by atoms with E-state index < -0.39 is 16.9 Å². The summed E-state index contributed by atoms with van der Waals surface area (Å²) < 4.78 is 4.85. The van der Waals surface area contributed by atoms with Crippen molar-refractivity contribution in [3.63, 3.8) is 0 Å². The number of nitrogens with zero attached hydrogens (tertiary/aromatic N) is 1. The zero-order valence-corrected chi connectivity index (χ0v) is 12.2. The number of rotatable bonds is 5. The van der Waals surface area contributed by atoms with Crippen LogP contribution in [0, 0.1) is 10.1 Å². The van der Waals surface area contributed by atoms with Gasteiger partial charge in [-0.15, -0.1) is 12.4 Å².